The largest absolute Gasteiger partial charge is 0.383 e. The molecule has 13 heavy (non-hydrogen) atoms. The average Bonchev–Trinajstić information content (AvgIpc) is 2.64. The first-order valence-corrected chi connectivity index (χ1v) is 4.57. The van der Waals surface area contributed by atoms with E-state index < -0.39 is 0 Å². The van der Waals surface area contributed by atoms with Gasteiger partial charge in [0.25, 0.3) is 0 Å². The van der Waals surface area contributed by atoms with Gasteiger partial charge in [-0.25, -0.2) is 4.98 Å². The van der Waals surface area contributed by atoms with Gasteiger partial charge in [-0.1, -0.05) is 6.92 Å². The van der Waals surface area contributed by atoms with E-state index in [1.807, 2.05) is 6.20 Å². The first kappa shape index (κ1) is 10.2. The molecule has 0 aromatic carbocycles. The van der Waals surface area contributed by atoms with Gasteiger partial charge in [-0.3, -0.25) is 0 Å². The number of aromatic nitrogens is 2. The summed E-state index contributed by atoms with van der Waals surface area (Å²) in [4.78, 5) is 7.17. The van der Waals surface area contributed by atoms with E-state index in [4.69, 9.17) is 4.74 Å². The molecule has 4 nitrogen and oxygen atoms in total. The number of aromatic amines is 1. The van der Waals surface area contributed by atoms with E-state index in [2.05, 4.69) is 22.2 Å². The van der Waals surface area contributed by atoms with Crippen LogP contribution in [0.4, 0.5) is 0 Å². The Morgan fingerprint density at radius 2 is 2.54 bits per heavy atom. The van der Waals surface area contributed by atoms with Gasteiger partial charge >= 0.3 is 0 Å². The molecule has 0 saturated carbocycles. The summed E-state index contributed by atoms with van der Waals surface area (Å²) in [5, 5.41) is 3.35. The number of imidazole rings is 1. The minimum Gasteiger partial charge on any atom is -0.383 e. The fourth-order valence-electron chi connectivity index (χ4n) is 1.16. The smallest absolute Gasteiger partial charge is 0.120 e. The molecule has 0 saturated heterocycles. The van der Waals surface area contributed by atoms with Crippen LogP contribution in [-0.2, 0) is 11.3 Å². The van der Waals surface area contributed by atoms with Crippen LogP contribution in [-0.4, -0.2) is 29.7 Å². The molecule has 0 aliphatic rings. The second kappa shape index (κ2) is 5.72. The number of nitrogens with one attached hydrogen (secondary N) is 2. The summed E-state index contributed by atoms with van der Waals surface area (Å²) < 4.78 is 5.07. The zero-order chi connectivity index (χ0) is 9.52. The summed E-state index contributed by atoms with van der Waals surface area (Å²) in [7, 11) is 1.72. The molecule has 0 spiro atoms. The number of hydrogen-bond donors (Lipinski definition) is 2. The van der Waals surface area contributed by atoms with Crippen molar-refractivity contribution in [2.75, 3.05) is 13.7 Å². The summed E-state index contributed by atoms with van der Waals surface area (Å²) in [5.41, 5.74) is 0. The predicted molar refractivity (Wildman–Crippen MR) is 51.4 cm³/mol. The quantitative estimate of drug-likeness (QED) is 0.689. The Morgan fingerprint density at radius 1 is 1.69 bits per heavy atom. The van der Waals surface area contributed by atoms with Gasteiger partial charge in [-0.15, -0.1) is 0 Å². The molecule has 0 amide bonds. The molecular weight excluding hydrogens is 166 g/mol. The lowest BCUT2D eigenvalue weighted by molar-refractivity contribution is 0.163. The van der Waals surface area contributed by atoms with E-state index in [-0.39, 0.29) is 0 Å². The number of ether oxygens (including phenoxy) is 1. The maximum Gasteiger partial charge on any atom is 0.120 e. The fourth-order valence-corrected chi connectivity index (χ4v) is 1.16. The molecule has 0 aliphatic carbocycles. The standard InChI is InChI=1S/C9H17N3O/c1-3-8(7-13-2)12-6-9-10-4-5-11-9/h4-5,8,12H,3,6-7H2,1-2H3,(H,10,11)/t8-/m0/s1. The van der Waals surface area contributed by atoms with Crippen LogP contribution < -0.4 is 5.32 Å². The molecule has 1 rings (SSSR count). The molecule has 1 aromatic rings. The van der Waals surface area contributed by atoms with E-state index in [1.54, 1.807) is 13.3 Å². The molecule has 0 fully saturated rings. The molecule has 2 N–H and O–H groups in total. The first-order valence-electron chi connectivity index (χ1n) is 4.57. The van der Waals surface area contributed by atoms with E-state index >= 15 is 0 Å². The van der Waals surface area contributed by atoms with Crippen molar-refractivity contribution in [3.8, 4) is 0 Å². The van der Waals surface area contributed by atoms with Crippen LogP contribution in [0.15, 0.2) is 12.4 Å². The second-order valence-corrected chi connectivity index (χ2v) is 2.98. The predicted octanol–water partition coefficient (Wildman–Crippen LogP) is 0.924. The van der Waals surface area contributed by atoms with E-state index in [9.17, 15) is 0 Å². The number of methoxy groups -OCH3 is 1. The molecule has 0 radical (unpaired) electrons. The van der Waals surface area contributed by atoms with Crippen LogP contribution >= 0.6 is 0 Å². The molecule has 74 valence electrons. The number of H-pyrrole nitrogens is 1. The lowest BCUT2D eigenvalue weighted by Crippen LogP contribution is -2.32. The Labute approximate surface area is 78.7 Å². The zero-order valence-electron chi connectivity index (χ0n) is 8.21. The molecule has 0 unspecified atom stereocenters. The van der Waals surface area contributed by atoms with Gasteiger partial charge in [0.2, 0.25) is 0 Å². The Kier molecular flexibility index (Phi) is 4.49. The summed E-state index contributed by atoms with van der Waals surface area (Å²) in [6.45, 7) is 3.66. The minimum absolute atomic E-state index is 0.412. The minimum atomic E-state index is 0.412. The van der Waals surface area contributed by atoms with Crippen molar-refractivity contribution >= 4 is 0 Å². The highest BCUT2D eigenvalue weighted by molar-refractivity contribution is 4.86. The Hall–Kier alpha value is -0.870. The molecule has 1 heterocycles. The number of rotatable bonds is 6. The second-order valence-electron chi connectivity index (χ2n) is 2.98. The van der Waals surface area contributed by atoms with Crippen LogP contribution in [0.2, 0.25) is 0 Å². The monoisotopic (exact) mass is 183 g/mol. The van der Waals surface area contributed by atoms with Crippen molar-refractivity contribution in [2.45, 2.75) is 25.9 Å². The lowest BCUT2D eigenvalue weighted by atomic mass is 10.2. The maximum atomic E-state index is 5.07. The summed E-state index contributed by atoms with van der Waals surface area (Å²) in [5.74, 6) is 0.967. The molecule has 0 aliphatic heterocycles. The first-order chi connectivity index (χ1) is 6.36. The van der Waals surface area contributed by atoms with Crippen molar-refractivity contribution in [1.29, 1.82) is 0 Å². The Balaban J connectivity index is 2.23. The topological polar surface area (TPSA) is 49.9 Å². The highest BCUT2D eigenvalue weighted by atomic mass is 16.5. The van der Waals surface area contributed by atoms with Crippen LogP contribution in [0.3, 0.4) is 0 Å². The maximum absolute atomic E-state index is 5.07. The van der Waals surface area contributed by atoms with E-state index in [0.29, 0.717) is 6.04 Å². The SMILES string of the molecule is CC[C@@H](COC)NCc1ncc[nH]1. The molecule has 1 aromatic heterocycles. The summed E-state index contributed by atoms with van der Waals surface area (Å²) in [6.07, 6.45) is 4.65. The molecule has 1 atom stereocenters. The number of nitrogens with zero attached hydrogens (tertiary/aromatic N) is 1. The van der Waals surface area contributed by atoms with Crippen LogP contribution in [0.1, 0.15) is 19.2 Å². The molecule has 4 heteroatoms. The third-order valence-electron chi connectivity index (χ3n) is 1.97. The van der Waals surface area contributed by atoms with Gasteiger partial charge < -0.3 is 15.0 Å². The van der Waals surface area contributed by atoms with Gasteiger partial charge in [-0.2, -0.15) is 0 Å². The average molecular weight is 183 g/mol. The van der Waals surface area contributed by atoms with E-state index in [1.165, 1.54) is 0 Å². The van der Waals surface area contributed by atoms with Gasteiger partial charge in [0.15, 0.2) is 0 Å². The molecule has 0 bridgehead atoms. The van der Waals surface area contributed by atoms with Crippen LogP contribution in [0.5, 0.6) is 0 Å². The van der Waals surface area contributed by atoms with Gasteiger partial charge in [0.05, 0.1) is 13.2 Å². The Bertz CT molecular complexity index is 211. The van der Waals surface area contributed by atoms with E-state index in [0.717, 1.165) is 25.4 Å². The summed E-state index contributed by atoms with van der Waals surface area (Å²) >= 11 is 0. The van der Waals surface area contributed by atoms with Crippen LogP contribution in [0, 0.1) is 0 Å². The van der Waals surface area contributed by atoms with Crippen molar-refractivity contribution in [2.24, 2.45) is 0 Å². The van der Waals surface area contributed by atoms with Crippen molar-refractivity contribution in [3.63, 3.8) is 0 Å². The third kappa shape index (κ3) is 3.57. The van der Waals surface area contributed by atoms with Crippen molar-refractivity contribution in [3.05, 3.63) is 18.2 Å². The zero-order valence-corrected chi connectivity index (χ0v) is 8.21. The van der Waals surface area contributed by atoms with Crippen molar-refractivity contribution < 1.29 is 4.74 Å². The third-order valence-corrected chi connectivity index (χ3v) is 1.97. The summed E-state index contributed by atoms with van der Waals surface area (Å²) in [6, 6.07) is 0.412. The van der Waals surface area contributed by atoms with Crippen molar-refractivity contribution in [1.82, 2.24) is 15.3 Å². The molecular formula is C9H17N3O. The fraction of sp³-hybridized carbons (Fsp3) is 0.667. The highest BCUT2D eigenvalue weighted by Gasteiger charge is 2.04. The lowest BCUT2D eigenvalue weighted by Gasteiger charge is -2.14. The highest BCUT2D eigenvalue weighted by Crippen LogP contribution is 1.94. The van der Waals surface area contributed by atoms with Gasteiger partial charge in [0, 0.05) is 25.5 Å². The van der Waals surface area contributed by atoms with Crippen LogP contribution in [0.25, 0.3) is 0 Å². The van der Waals surface area contributed by atoms with Gasteiger partial charge in [0.1, 0.15) is 5.82 Å². The van der Waals surface area contributed by atoms with Gasteiger partial charge in [-0.05, 0) is 6.42 Å². The number of hydrogen-bond acceptors (Lipinski definition) is 3. The normalized spacial score (nSPS) is 13.1. The Morgan fingerprint density at radius 3 is 3.08 bits per heavy atom.